The van der Waals surface area contributed by atoms with E-state index in [2.05, 4.69) is 39.0 Å². The van der Waals surface area contributed by atoms with Crippen LogP contribution < -0.4 is 0 Å². The Bertz CT molecular complexity index is 590. The van der Waals surface area contributed by atoms with Crippen molar-refractivity contribution in [3.8, 4) is 18.2 Å². The van der Waals surface area contributed by atoms with E-state index in [4.69, 9.17) is 5.41 Å². The molecule has 0 radical (unpaired) electrons. The molecule has 1 saturated carbocycles. The van der Waals surface area contributed by atoms with Crippen molar-refractivity contribution in [2.24, 2.45) is 22.7 Å². The third-order valence-corrected chi connectivity index (χ3v) is 5.89. The molecular weight excluding hydrogens is 286 g/mol. The lowest BCUT2D eigenvalue weighted by Crippen LogP contribution is -2.50. The molecule has 1 N–H and O–H groups in total. The number of unbranched alkanes of at least 4 members (excludes halogenated alkanes) is 1. The first-order valence-corrected chi connectivity index (χ1v) is 8.65. The van der Waals surface area contributed by atoms with Gasteiger partial charge in [-0.2, -0.15) is 15.8 Å². The van der Waals surface area contributed by atoms with Crippen LogP contribution in [0.1, 0.15) is 52.9 Å². The predicted molar refractivity (Wildman–Crippen MR) is 87.0 cm³/mol. The Kier molecular flexibility index (Phi) is 4.67. The standard InChI is InChI=1S/C18H25N5/c1-4-7-9-23-15-13(6-3)14(8-5-2)18(12-21,16(23)22)17(15,10-19)11-20/h13-15,22H,4-9H2,1-3H3/t13-,14+,15-,18+/m1/s1. The van der Waals surface area contributed by atoms with Crippen molar-refractivity contribution in [1.82, 2.24) is 4.90 Å². The van der Waals surface area contributed by atoms with Crippen LogP contribution in [0.2, 0.25) is 0 Å². The lowest BCUT2D eigenvalue weighted by atomic mass is 9.63. The van der Waals surface area contributed by atoms with Crippen LogP contribution in [0, 0.1) is 62.1 Å². The second-order valence-corrected chi connectivity index (χ2v) is 6.76. The van der Waals surface area contributed by atoms with Gasteiger partial charge in [0.1, 0.15) is 5.84 Å². The average Bonchev–Trinajstić information content (AvgIpc) is 2.93. The molecule has 2 bridgehead atoms. The van der Waals surface area contributed by atoms with Gasteiger partial charge in [0.15, 0.2) is 10.8 Å². The van der Waals surface area contributed by atoms with E-state index in [-0.39, 0.29) is 23.7 Å². The van der Waals surface area contributed by atoms with Crippen molar-refractivity contribution >= 4 is 5.84 Å². The van der Waals surface area contributed by atoms with E-state index < -0.39 is 10.8 Å². The van der Waals surface area contributed by atoms with E-state index in [1.54, 1.807) is 0 Å². The van der Waals surface area contributed by atoms with Gasteiger partial charge >= 0.3 is 0 Å². The van der Waals surface area contributed by atoms with Gasteiger partial charge in [-0.25, -0.2) is 0 Å². The number of nitriles is 3. The first-order valence-electron chi connectivity index (χ1n) is 8.65. The summed E-state index contributed by atoms with van der Waals surface area (Å²) in [5.41, 5.74) is -2.68. The van der Waals surface area contributed by atoms with Crippen molar-refractivity contribution in [2.45, 2.75) is 58.9 Å². The highest BCUT2D eigenvalue weighted by atomic mass is 15.3. The molecule has 0 unspecified atom stereocenters. The zero-order chi connectivity index (χ0) is 17.3. The summed E-state index contributed by atoms with van der Waals surface area (Å²) in [5, 5.41) is 38.5. The first-order chi connectivity index (χ1) is 11.1. The summed E-state index contributed by atoms with van der Waals surface area (Å²) < 4.78 is 0. The van der Waals surface area contributed by atoms with Gasteiger partial charge in [0.25, 0.3) is 0 Å². The van der Waals surface area contributed by atoms with Crippen LogP contribution in [0.25, 0.3) is 0 Å². The summed E-state index contributed by atoms with van der Waals surface area (Å²) in [6.45, 7) is 6.86. The summed E-state index contributed by atoms with van der Waals surface area (Å²) in [4.78, 5) is 1.90. The largest absolute Gasteiger partial charge is 0.353 e. The second kappa shape index (κ2) is 6.21. The van der Waals surface area contributed by atoms with Crippen LogP contribution >= 0.6 is 0 Å². The minimum Gasteiger partial charge on any atom is -0.353 e. The highest BCUT2D eigenvalue weighted by Gasteiger charge is 2.79. The molecule has 0 amide bonds. The van der Waals surface area contributed by atoms with Crippen molar-refractivity contribution in [3.63, 3.8) is 0 Å². The molecule has 1 aliphatic carbocycles. The zero-order valence-electron chi connectivity index (χ0n) is 14.3. The van der Waals surface area contributed by atoms with Crippen molar-refractivity contribution in [1.29, 1.82) is 21.2 Å². The molecule has 0 spiro atoms. The number of nitrogens with zero attached hydrogens (tertiary/aromatic N) is 4. The molecule has 1 aliphatic heterocycles. The quantitative estimate of drug-likeness (QED) is 0.812. The zero-order valence-corrected chi connectivity index (χ0v) is 14.3. The van der Waals surface area contributed by atoms with E-state index >= 15 is 0 Å². The molecule has 5 nitrogen and oxygen atoms in total. The van der Waals surface area contributed by atoms with Crippen molar-refractivity contribution in [2.75, 3.05) is 6.54 Å². The number of hydrogen-bond donors (Lipinski definition) is 1. The van der Waals surface area contributed by atoms with Gasteiger partial charge in [0.2, 0.25) is 0 Å². The minimum atomic E-state index is -1.41. The number of nitrogens with one attached hydrogen (secondary N) is 1. The Morgan fingerprint density at radius 2 is 1.74 bits per heavy atom. The Hall–Kier alpha value is -2.06. The summed E-state index contributed by atoms with van der Waals surface area (Å²) in [7, 11) is 0. The maximum atomic E-state index is 10.0. The van der Waals surface area contributed by atoms with Gasteiger partial charge in [0, 0.05) is 6.54 Å². The van der Waals surface area contributed by atoms with E-state index in [0.717, 1.165) is 32.1 Å². The normalized spacial score (nSPS) is 34.0. The van der Waals surface area contributed by atoms with E-state index in [1.165, 1.54) is 0 Å². The van der Waals surface area contributed by atoms with E-state index in [0.29, 0.717) is 6.54 Å². The van der Waals surface area contributed by atoms with Crippen LogP contribution in [0.5, 0.6) is 0 Å². The van der Waals surface area contributed by atoms with Crippen molar-refractivity contribution in [3.05, 3.63) is 0 Å². The van der Waals surface area contributed by atoms with Crippen molar-refractivity contribution < 1.29 is 0 Å². The molecule has 23 heavy (non-hydrogen) atoms. The number of rotatable bonds is 6. The van der Waals surface area contributed by atoms with Gasteiger partial charge in [0.05, 0.1) is 24.2 Å². The lowest BCUT2D eigenvalue weighted by Gasteiger charge is -2.41. The van der Waals surface area contributed by atoms with Gasteiger partial charge in [-0.3, -0.25) is 5.41 Å². The molecule has 1 saturated heterocycles. The summed E-state index contributed by atoms with van der Waals surface area (Å²) in [6, 6.07) is 6.39. The molecular formula is C18H25N5. The van der Waals surface area contributed by atoms with Gasteiger partial charge in [-0.1, -0.05) is 40.0 Å². The highest BCUT2D eigenvalue weighted by Crippen LogP contribution is 2.67. The topological polar surface area (TPSA) is 98.5 Å². The fourth-order valence-electron chi connectivity index (χ4n) is 4.97. The maximum Gasteiger partial charge on any atom is 0.189 e. The smallest absolute Gasteiger partial charge is 0.189 e. The van der Waals surface area contributed by atoms with Crippen LogP contribution in [-0.4, -0.2) is 23.3 Å². The maximum absolute atomic E-state index is 10.0. The number of fused-ring (bicyclic) bond motifs is 2. The van der Waals surface area contributed by atoms with Gasteiger partial charge in [-0.05, 0) is 24.7 Å². The van der Waals surface area contributed by atoms with Gasteiger partial charge < -0.3 is 4.90 Å². The van der Waals surface area contributed by atoms with E-state index in [1.807, 2.05) is 4.90 Å². The molecule has 2 rings (SSSR count). The summed E-state index contributed by atoms with van der Waals surface area (Å²) in [6.07, 6.45) is 4.41. The third kappa shape index (κ3) is 1.85. The van der Waals surface area contributed by atoms with Gasteiger partial charge in [-0.15, -0.1) is 0 Å². The summed E-state index contributed by atoms with van der Waals surface area (Å²) in [5.74, 6) is 0.265. The first kappa shape index (κ1) is 17.3. The number of likely N-dealkylation sites (tertiary alicyclic amines) is 1. The molecule has 2 aliphatic rings. The number of piperidine rings is 1. The Labute approximate surface area is 139 Å². The SMILES string of the molecule is CCCCN1C(=N)[C@]2(C#N)[C@@H](CCC)[C@@H](CC)[C@@H]1C2(C#N)C#N. The third-order valence-electron chi connectivity index (χ3n) is 5.89. The summed E-state index contributed by atoms with van der Waals surface area (Å²) >= 11 is 0. The molecule has 1 heterocycles. The molecule has 122 valence electrons. The monoisotopic (exact) mass is 311 g/mol. The van der Waals surface area contributed by atoms with Crippen LogP contribution in [0.15, 0.2) is 0 Å². The second-order valence-electron chi connectivity index (χ2n) is 6.76. The fourth-order valence-corrected chi connectivity index (χ4v) is 4.97. The molecule has 0 aromatic heterocycles. The van der Waals surface area contributed by atoms with Crippen LogP contribution in [-0.2, 0) is 0 Å². The molecule has 5 heteroatoms. The molecule has 4 atom stereocenters. The average molecular weight is 311 g/mol. The van der Waals surface area contributed by atoms with Crippen LogP contribution in [0.3, 0.4) is 0 Å². The minimum absolute atomic E-state index is 0.0721. The Morgan fingerprint density at radius 1 is 1.09 bits per heavy atom. The molecule has 0 aromatic carbocycles. The van der Waals surface area contributed by atoms with Crippen LogP contribution in [0.4, 0.5) is 0 Å². The number of amidine groups is 1. The van der Waals surface area contributed by atoms with E-state index in [9.17, 15) is 15.8 Å². The number of hydrogen-bond acceptors (Lipinski definition) is 4. The Balaban J connectivity index is 2.66. The lowest BCUT2D eigenvalue weighted by molar-refractivity contribution is 0.166. The fraction of sp³-hybridized carbons (Fsp3) is 0.778. The molecule has 2 fully saturated rings. The Morgan fingerprint density at radius 3 is 2.17 bits per heavy atom. The highest BCUT2D eigenvalue weighted by molar-refractivity contribution is 5.95. The predicted octanol–water partition coefficient (Wildman–Crippen LogP) is 3.45. The molecule has 0 aromatic rings.